The molecule has 0 fully saturated rings. The molecule has 2 rings (SSSR count). The average molecular weight is 344 g/mol. The number of urea groups is 1. The first kappa shape index (κ1) is 18.6. The van der Waals surface area contributed by atoms with Gasteiger partial charge in [-0.25, -0.2) is 9.86 Å². The summed E-state index contributed by atoms with van der Waals surface area (Å²) >= 11 is 0. The Labute approximate surface area is 148 Å². The smallest absolute Gasteiger partial charge is 0.345 e. The maximum Gasteiger partial charge on any atom is 0.345 e. The van der Waals surface area contributed by atoms with Crippen LogP contribution in [0, 0.1) is 0 Å². The Bertz CT molecular complexity index is 649. The van der Waals surface area contributed by atoms with Crippen LogP contribution in [-0.2, 0) is 4.84 Å². The third kappa shape index (κ3) is 6.73. The molecule has 0 saturated carbocycles. The molecule has 0 bridgehead atoms. The summed E-state index contributed by atoms with van der Waals surface area (Å²) in [5.74, 6) is 1.59. The number of carbonyl (C=O) groups is 1. The molecular formula is C19H24N2O4. The molecular weight excluding hydrogens is 320 g/mol. The molecule has 0 radical (unpaired) electrons. The van der Waals surface area contributed by atoms with Crippen molar-refractivity contribution in [3.05, 3.63) is 54.6 Å². The van der Waals surface area contributed by atoms with E-state index in [1.807, 2.05) is 42.5 Å². The predicted octanol–water partition coefficient (Wildman–Crippen LogP) is 3.95. The van der Waals surface area contributed by atoms with E-state index >= 15 is 0 Å². The van der Waals surface area contributed by atoms with Crippen LogP contribution in [0.25, 0.3) is 0 Å². The molecule has 0 saturated heterocycles. The fourth-order valence-electron chi connectivity index (χ4n) is 2.05. The first-order chi connectivity index (χ1) is 12.2. The van der Waals surface area contributed by atoms with Gasteiger partial charge in [0.05, 0.1) is 20.3 Å². The highest BCUT2D eigenvalue weighted by Crippen LogP contribution is 2.18. The highest BCUT2D eigenvalue weighted by molar-refractivity contribution is 5.88. The van der Waals surface area contributed by atoms with Crippen LogP contribution in [0.1, 0.15) is 12.8 Å². The Morgan fingerprint density at radius 1 is 0.960 bits per heavy atom. The normalized spacial score (nSPS) is 10.2. The lowest BCUT2D eigenvalue weighted by Gasteiger charge is -2.15. The zero-order valence-electron chi connectivity index (χ0n) is 14.6. The van der Waals surface area contributed by atoms with Crippen LogP contribution < -0.4 is 14.8 Å². The number of hydrogen-bond donors (Lipinski definition) is 1. The van der Waals surface area contributed by atoms with Gasteiger partial charge in [-0.05, 0) is 37.1 Å². The first-order valence-electron chi connectivity index (χ1n) is 8.18. The van der Waals surface area contributed by atoms with Crippen LogP contribution in [0.15, 0.2) is 54.6 Å². The maximum atomic E-state index is 11.7. The minimum atomic E-state index is -0.349. The Hall–Kier alpha value is -2.73. The lowest BCUT2D eigenvalue weighted by molar-refractivity contribution is -0.0598. The van der Waals surface area contributed by atoms with Crippen LogP contribution in [0.5, 0.6) is 11.5 Å². The Balaban J connectivity index is 1.67. The van der Waals surface area contributed by atoms with Gasteiger partial charge < -0.3 is 14.8 Å². The molecule has 0 aliphatic rings. The van der Waals surface area contributed by atoms with Gasteiger partial charge in [-0.2, -0.15) is 0 Å². The molecule has 0 unspecified atom stereocenters. The fourth-order valence-corrected chi connectivity index (χ4v) is 2.05. The molecule has 0 aromatic heterocycles. The van der Waals surface area contributed by atoms with Crippen molar-refractivity contribution in [1.82, 2.24) is 5.06 Å². The van der Waals surface area contributed by atoms with E-state index in [1.54, 1.807) is 12.1 Å². The second kappa shape index (κ2) is 10.2. The third-order valence-corrected chi connectivity index (χ3v) is 3.46. The summed E-state index contributed by atoms with van der Waals surface area (Å²) < 4.78 is 11.4. The number of anilines is 1. The number of hydroxylamine groups is 2. The number of amides is 2. The largest absolute Gasteiger partial charge is 0.494 e. The zero-order chi connectivity index (χ0) is 17.9. The second-order valence-corrected chi connectivity index (χ2v) is 5.36. The van der Waals surface area contributed by atoms with E-state index in [0.29, 0.717) is 24.7 Å². The number of nitrogens with one attached hydrogen (secondary N) is 1. The van der Waals surface area contributed by atoms with Crippen LogP contribution in [-0.4, -0.2) is 38.5 Å². The summed E-state index contributed by atoms with van der Waals surface area (Å²) in [7, 11) is 2.97. The number of nitrogens with zero attached hydrogens (tertiary/aromatic N) is 1. The molecule has 0 atom stereocenters. The summed E-state index contributed by atoms with van der Waals surface area (Å²) in [6.45, 7) is 1.25. The number of carbonyl (C=O) groups excluding carboxylic acids is 1. The van der Waals surface area contributed by atoms with Gasteiger partial charge in [-0.15, -0.1) is 0 Å². The molecule has 0 aliphatic heterocycles. The van der Waals surface area contributed by atoms with Crippen molar-refractivity contribution < 1.29 is 19.1 Å². The molecule has 2 aromatic rings. The van der Waals surface area contributed by atoms with Gasteiger partial charge >= 0.3 is 6.03 Å². The summed E-state index contributed by atoms with van der Waals surface area (Å²) in [4.78, 5) is 16.6. The summed E-state index contributed by atoms with van der Waals surface area (Å²) in [6, 6.07) is 16.7. The van der Waals surface area contributed by atoms with E-state index in [9.17, 15) is 4.79 Å². The number of hydrogen-bond acceptors (Lipinski definition) is 4. The van der Waals surface area contributed by atoms with Crippen LogP contribution in [0.3, 0.4) is 0 Å². The lowest BCUT2D eigenvalue weighted by atomic mass is 10.3. The number of benzene rings is 2. The monoisotopic (exact) mass is 344 g/mol. The number of rotatable bonds is 9. The number of para-hydroxylation sites is 1. The first-order valence-corrected chi connectivity index (χ1v) is 8.18. The molecule has 2 amide bonds. The van der Waals surface area contributed by atoms with E-state index < -0.39 is 0 Å². The van der Waals surface area contributed by atoms with Crippen LogP contribution in [0.4, 0.5) is 10.5 Å². The molecule has 6 nitrogen and oxygen atoms in total. The van der Waals surface area contributed by atoms with Gasteiger partial charge in [-0.1, -0.05) is 24.3 Å². The zero-order valence-corrected chi connectivity index (χ0v) is 14.6. The standard InChI is InChI=1S/C19H24N2O4/c1-21(23-2)19(22)20-16-9-8-12-18(15-16)25-14-7-6-13-24-17-10-4-3-5-11-17/h3-5,8-12,15H,6-7,13-14H2,1-2H3,(H,20,22). The minimum Gasteiger partial charge on any atom is -0.494 e. The maximum absolute atomic E-state index is 11.7. The Kier molecular flexibility index (Phi) is 7.59. The van der Waals surface area contributed by atoms with Crippen molar-refractivity contribution in [3.63, 3.8) is 0 Å². The third-order valence-electron chi connectivity index (χ3n) is 3.46. The van der Waals surface area contributed by atoms with E-state index in [1.165, 1.54) is 14.2 Å². The van der Waals surface area contributed by atoms with Gasteiger partial charge in [0, 0.05) is 18.8 Å². The van der Waals surface area contributed by atoms with E-state index in [2.05, 4.69) is 5.32 Å². The van der Waals surface area contributed by atoms with Gasteiger partial charge in [0.2, 0.25) is 0 Å². The van der Waals surface area contributed by atoms with Crippen molar-refractivity contribution in [2.75, 3.05) is 32.7 Å². The Morgan fingerprint density at radius 2 is 1.60 bits per heavy atom. The van der Waals surface area contributed by atoms with Crippen LogP contribution >= 0.6 is 0 Å². The Morgan fingerprint density at radius 3 is 2.28 bits per heavy atom. The molecule has 2 aromatic carbocycles. The predicted molar refractivity (Wildman–Crippen MR) is 96.9 cm³/mol. The topological polar surface area (TPSA) is 60.0 Å². The molecule has 0 aliphatic carbocycles. The summed E-state index contributed by atoms with van der Waals surface area (Å²) in [5.41, 5.74) is 0.652. The number of unbranched alkanes of at least 4 members (excludes halogenated alkanes) is 1. The highest BCUT2D eigenvalue weighted by Gasteiger charge is 2.08. The van der Waals surface area contributed by atoms with Gasteiger partial charge in [-0.3, -0.25) is 4.84 Å². The minimum absolute atomic E-state index is 0.349. The quantitative estimate of drug-likeness (QED) is 0.553. The molecule has 1 N–H and O–H groups in total. The van der Waals surface area contributed by atoms with Gasteiger partial charge in [0.25, 0.3) is 0 Å². The van der Waals surface area contributed by atoms with Crippen molar-refractivity contribution in [2.45, 2.75) is 12.8 Å². The van der Waals surface area contributed by atoms with Crippen molar-refractivity contribution in [1.29, 1.82) is 0 Å². The average Bonchev–Trinajstić information content (AvgIpc) is 2.65. The molecule has 25 heavy (non-hydrogen) atoms. The highest BCUT2D eigenvalue weighted by atomic mass is 16.7. The van der Waals surface area contributed by atoms with E-state index in [4.69, 9.17) is 14.3 Å². The van der Waals surface area contributed by atoms with Gasteiger partial charge in [0.15, 0.2) is 0 Å². The molecule has 134 valence electrons. The van der Waals surface area contributed by atoms with Crippen LogP contribution in [0.2, 0.25) is 0 Å². The van der Waals surface area contributed by atoms with Gasteiger partial charge in [0.1, 0.15) is 11.5 Å². The van der Waals surface area contributed by atoms with Crippen molar-refractivity contribution in [3.8, 4) is 11.5 Å². The van der Waals surface area contributed by atoms with E-state index in [0.717, 1.165) is 23.7 Å². The second-order valence-electron chi connectivity index (χ2n) is 5.36. The number of ether oxygens (including phenoxy) is 2. The summed E-state index contributed by atoms with van der Waals surface area (Å²) in [5, 5.41) is 3.84. The van der Waals surface area contributed by atoms with E-state index in [-0.39, 0.29) is 6.03 Å². The SMILES string of the molecule is CON(C)C(=O)Nc1cccc(OCCCCOc2ccccc2)c1. The molecule has 0 heterocycles. The lowest BCUT2D eigenvalue weighted by Crippen LogP contribution is -2.30. The van der Waals surface area contributed by atoms with Crippen molar-refractivity contribution in [2.24, 2.45) is 0 Å². The van der Waals surface area contributed by atoms with Crippen molar-refractivity contribution >= 4 is 11.7 Å². The molecule has 0 spiro atoms. The molecule has 6 heteroatoms. The summed E-state index contributed by atoms with van der Waals surface area (Å²) in [6.07, 6.45) is 1.79. The fraction of sp³-hybridized carbons (Fsp3) is 0.316.